The minimum absolute atomic E-state index is 0.176. The minimum Gasteiger partial charge on any atom is -0.380 e. The van der Waals surface area contributed by atoms with Crippen LogP contribution < -0.4 is 0 Å². The molecule has 1 unspecified atom stereocenters. The number of allylic oxidation sites excluding steroid dienone is 2. The Morgan fingerprint density at radius 3 is 2.71 bits per heavy atom. The maximum Gasteiger partial charge on any atom is 0.101 e. The summed E-state index contributed by atoms with van der Waals surface area (Å²) in [5.74, 6) is 0.652. The summed E-state index contributed by atoms with van der Waals surface area (Å²) < 4.78 is 10.9. The van der Waals surface area contributed by atoms with Crippen molar-refractivity contribution in [3.63, 3.8) is 0 Å². The molecule has 0 aromatic rings. The molecule has 1 radical (unpaired) electrons. The molecule has 14 heavy (non-hydrogen) atoms. The highest BCUT2D eigenvalue weighted by Crippen LogP contribution is 2.48. The molecule has 0 aromatic carbocycles. The van der Waals surface area contributed by atoms with Crippen LogP contribution in [0.4, 0.5) is 0 Å². The van der Waals surface area contributed by atoms with Gasteiger partial charge in [0.1, 0.15) is 5.60 Å². The molecule has 0 bridgehead atoms. The molecule has 0 saturated heterocycles. The maximum absolute atomic E-state index is 5.71. The minimum atomic E-state index is -0.176. The van der Waals surface area contributed by atoms with Crippen molar-refractivity contribution in [2.24, 2.45) is 5.92 Å². The van der Waals surface area contributed by atoms with Crippen LogP contribution in [0.3, 0.4) is 0 Å². The molecule has 77 valence electrons. The van der Waals surface area contributed by atoms with E-state index in [1.165, 1.54) is 18.4 Å². The van der Waals surface area contributed by atoms with Gasteiger partial charge in [0, 0.05) is 20.6 Å². The summed E-state index contributed by atoms with van der Waals surface area (Å²) in [6, 6.07) is 0. The van der Waals surface area contributed by atoms with E-state index in [1.54, 1.807) is 14.2 Å². The largest absolute Gasteiger partial charge is 0.380 e. The van der Waals surface area contributed by atoms with E-state index >= 15 is 0 Å². The van der Waals surface area contributed by atoms with E-state index in [0.29, 0.717) is 12.5 Å². The van der Waals surface area contributed by atoms with Crippen LogP contribution in [-0.2, 0) is 9.47 Å². The molecule has 2 nitrogen and oxygen atoms in total. The molecular formula is C12H17O2. The zero-order valence-corrected chi connectivity index (χ0v) is 8.82. The van der Waals surface area contributed by atoms with E-state index in [4.69, 9.17) is 9.47 Å². The van der Waals surface area contributed by atoms with Crippen molar-refractivity contribution in [1.82, 2.24) is 0 Å². The molecule has 0 amide bonds. The van der Waals surface area contributed by atoms with Crippen molar-refractivity contribution >= 4 is 0 Å². The number of ether oxygens (including phenoxy) is 2. The lowest BCUT2D eigenvalue weighted by Gasteiger charge is -2.35. The molecule has 1 saturated carbocycles. The summed E-state index contributed by atoms with van der Waals surface area (Å²) in [5.41, 5.74) is 1.07. The van der Waals surface area contributed by atoms with Crippen LogP contribution in [0, 0.1) is 12.3 Å². The van der Waals surface area contributed by atoms with E-state index in [2.05, 4.69) is 18.6 Å². The summed E-state index contributed by atoms with van der Waals surface area (Å²) in [4.78, 5) is 0. The van der Waals surface area contributed by atoms with Crippen LogP contribution in [0.2, 0.25) is 0 Å². The molecule has 0 aliphatic heterocycles. The second kappa shape index (κ2) is 3.87. The Kier molecular flexibility index (Phi) is 2.75. The summed E-state index contributed by atoms with van der Waals surface area (Å²) in [6.45, 7) is 0.658. The lowest BCUT2D eigenvalue weighted by atomic mass is 9.82. The van der Waals surface area contributed by atoms with Crippen molar-refractivity contribution in [2.75, 3.05) is 20.8 Å². The number of hydrogen-bond donors (Lipinski definition) is 0. The SMILES string of the molecule is COCC1=CC=C[CH]C1(OC)C1CC1. The topological polar surface area (TPSA) is 18.5 Å². The Labute approximate surface area is 85.6 Å². The highest BCUT2D eigenvalue weighted by atomic mass is 16.5. The van der Waals surface area contributed by atoms with Crippen LogP contribution in [0.15, 0.2) is 23.8 Å². The summed E-state index contributed by atoms with van der Waals surface area (Å²) in [5, 5.41) is 0. The molecule has 2 aliphatic carbocycles. The Balaban J connectivity index is 2.21. The normalized spacial score (nSPS) is 31.7. The standard InChI is InChI=1S/C12H17O2/c1-13-9-11-5-3-4-8-12(11,14-2)10-6-7-10/h3-5,8,10H,6-7,9H2,1-2H3. The number of hydrogen-bond acceptors (Lipinski definition) is 2. The van der Waals surface area contributed by atoms with Crippen LogP contribution in [0.1, 0.15) is 12.8 Å². The average molecular weight is 193 g/mol. The fourth-order valence-electron chi connectivity index (χ4n) is 2.20. The van der Waals surface area contributed by atoms with E-state index in [0.717, 1.165) is 0 Å². The monoisotopic (exact) mass is 193 g/mol. The van der Waals surface area contributed by atoms with Gasteiger partial charge in [-0.15, -0.1) is 0 Å². The van der Waals surface area contributed by atoms with Crippen LogP contribution in [0.5, 0.6) is 0 Å². The molecule has 0 aromatic heterocycles. The van der Waals surface area contributed by atoms with Gasteiger partial charge in [-0.1, -0.05) is 18.2 Å². The van der Waals surface area contributed by atoms with Gasteiger partial charge in [0.05, 0.1) is 6.61 Å². The van der Waals surface area contributed by atoms with Gasteiger partial charge in [-0.3, -0.25) is 0 Å². The van der Waals surface area contributed by atoms with Gasteiger partial charge in [-0.2, -0.15) is 0 Å². The van der Waals surface area contributed by atoms with E-state index in [9.17, 15) is 0 Å². The number of rotatable bonds is 4. The number of methoxy groups -OCH3 is 2. The Bertz CT molecular complexity index is 263. The molecular weight excluding hydrogens is 176 g/mol. The molecule has 2 aliphatic rings. The molecule has 0 N–H and O–H groups in total. The first-order valence-electron chi connectivity index (χ1n) is 5.10. The smallest absolute Gasteiger partial charge is 0.101 e. The van der Waals surface area contributed by atoms with Gasteiger partial charge in [0.15, 0.2) is 0 Å². The first-order valence-corrected chi connectivity index (χ1v) is 5.10. The third-order valence-corrected chi connectivity index (χ3v) is 3.08. The van der Waals surface area contributed by atoms with Gasteiger partial charge < -0.3 is 9.47 Å². The van der Waals surface area contributed by atoms with Crippen molar-refractivity contribution in [3.05, 3.63) is 30.2 Å². The Morgan fingerprint density at radius 2 is 2.14 bits per heavy atom. The van der Waals surface area contributed by atoms with E-state index in [1.807, 2.05) is 6.08 Å². The van der Waals surface area contributed by atoms with Gasteiger partial charge in [0.2, 0.25) is 0 Å². The Hall–Kier alpha value is -0.600. The van der Waals surface area contributed by atoms with Crippen molar-refractivity contribution in [1.29, 1.82) is 0 Å². The summed E-state index contributed by atoms with van der Waals surface area (Å²) in [7, 11) is 3.52. The highest BCUT2D eigenvalue weighted by molar-refractivity contribution is 5.38. The van der Waals surface area contributed by atoms with Gasteiger partial charge in [-0.05, 0) is 24.3 Å². The molecule has 2 rings (SSSR count). The zero-order chi connectivity index (χ0) is 10.0. The molecule has 2 heteroatoms. The quantitative estimate of drug-likeness (QED) is 0.681. The highest BCUT2D eigenvalue weighted by Gasteiger charge is 2.48. The molecule has 0 heterocycles. The maximum atomic E-state index is 5.71. The summed E-state index contributed by atoms with van der Waals surface area (Å²) >= 11 is 0. The lowest BCUT2D eigenvalue weighted by molar-refractivity contribution is 0.0214. The fourth-order valence-corrected chi connectivity index (χ4v) is 2.20. The predicted octanol–water partition coefficient (Wildman–Crippen LogP) is 2.13. The Morgan fingerprint density at radius 1 is 1.36 bits per heavy atom. The molecule has 1 fully saturated rings. The van der Waals surface area contributed by atoms with Crippen molar-refractivity contribution in [2.45, 2.75) is 18.4 Å². The molecule has 0 spiro atoms. The predicted molar refractivity (Wildman–Crippen MR) is 55.9 cm³/mol. The third kappa shape index (κ3) is 1.53. The fraction of sp³-hybridized carbons (Fsp3) is 0.583. The first-order chi connectivity index (χ1) is 6.83. The average Bonchev–Trinajstić information content (AvgIpc) is 3.03. The van der Waals surface area contributed by atoms with Crippen molar-refractivity contribution in [3.8, 4) is 0 Å². The van der Waals surface area contributed by atoms with E-state index in [-0.39, 0.29) is 5.60 Å². The van der Waals surface area contributed by atoms with Gasteiger partial charge in [-0.25, -0.2) is 0 Å². The van der Waals surface area contributed by atoms with Gasteiger partial charge >= 0.3 is 0 Å². The first kappa shape index (κ1) is 9.94. The van der Waals surface area contributed by atoms with E-state index < -0.39 is 0 Å². The third-order valence-electron chi connectivity index (χ3n) is 3.08. The zero-order valence-electron chi connectivity index (χ0n) is 8.82. The van der Waals surface area contributed by atoms with Crippen LogP contribution in [-0.4, -0.2) is 26.4 Å². The van der Waals surface area contributed by atoms with Crippen molar-refractivity contribution < 1.29 is 9.47 Å². The van der Waals surface area contributed by atoms with Gasteiger partial charge in [0.25, 0.3) is 0 Å². The molecule has 1 atom stereocenters. The summed E-state index contributed by atoms with van der Waals surface area (Å²) in [6.07, 6.45) is 10.9. The second-order valence-electron chi connectivity index (χ2n) is 3.95. The van der Waals surface area contributed by atoms with Crippen LogP contribution in [0.25, 0.3) is 0 Å². The van der Waals surface area contributed by atoms with Crippen LogP contribution >= 0.6 is 0 Å². The lowest BCUT2D eigenvalue weighted by Crippen LogP contribution is -2.39. The second-order valence-corrected chi connectivity index (χ2v) is 3.95.